The van der Waals surface area contributed by atoms with E-state index in [1.54, 1.807) is 4.90 Å². The van der Waals surface area contributed by atoms with Crippen LogP contribution < -0.4 is 19.7 Å². The average molecular weight is 378 g/mol. The lowest BCUT2D eigenvalue weighted by molar-refractivity contribution is -0.122. The summed E-state index contributed by atoms with van der Waals surface area (Å²) in [4.78, 5) is 26.9. The first kappa shape index (κ1) is 15.8. The minimum Gasteiger partial charge on any atom is -0.493 e. The lowest BCUT2D eigenvalue weighted by atomic mass is 9.76. The standard InChI is InChI=1S/C21H18N2O5/c24-19-21(11-27-18-8-17-12(5-6-26-17)7-15(18)21)14-3-1-2-4-16(14)23(19)10-13-9-22-20(25)28-13/h1-4,7-8,13H,5-6,9-11H2,(H,22,25). The van der Waals surface area contributed by atoms with Crippen molar-refractivity contribution in [2.75, 3.05) is 31.2 Å². The summed E-state index contributed by atoms with van der Waals surface area (Å²) < 4.78 is 16.9. The Morgan fingerprint density at radius 3 is 2.86 bits per heavy atom. The second-order valence-electron chi connectivity index (χ2n) is 7.59. The highest BCUT2D eigenvalue weighted by Crippen LogP contribution is 2.53. The van der Waals surface area contributed by atoms with Crippen LogP contribution >= 0.6 is 0 Å². The fraction of sp³-hybridized carbons (Fsp3) is 0.333. The highest BCUT2D eigenvalue weighted by atomic mass is 16.6. The normalized spacial score (nSPS) is 26.4. The molecule has 7 nitrogen and oxygen atoms in total. The Labute approximate surface area is 161 Å². The monoisotopic (exact) mass is 378 g/mol. The van der Waals surface area contributed by atoms with E-state index in [-0.39, 0.29) is 18.6 Å². The van der Waals surface area contributed by atoms with Gasteiger partial charge in [-0.15, -0.1) is 0 Å². The van der Waals surface area contributed by atoms with Gasteiger partial charge in [0.05, 0.1) is 19.7 Å². The van der Waals surface area contributed by atoms with Gasteiger partial charge < -0.3 is 24.4 Å². The number of rotatable bonds is 2. The number of nitrogens with zero attached hydrogens (tertiary/aromatic N) is 1. The Morgan fingerprint density at radius 2 is 2.00 bits per heavy atom. The van der Waals surface area contributed by atoms with Crippen molar-refractivity contribution in [3.63, 3.8) is 0 Å². The third kappa shape index (κ3) is 1.93. The molecule has 0 aromatic heterocycles. The third-order valence-electron chi connectivity index (χ3n) is 6.09. The van der Waals surface area contributed by atoms with E-state index in [4.69, 9.17) is 14.2 Å². The first-order chi connectivity index (χ1) is 13.7. The third-order valence-corrected chi connectivity index (χ3v) is 6.09. The molecule has 2 atom stereocenters. The van der Waals surface area contributed by atoms with Crippen molar-refractivity contribution >= 4 is 17.7 Å². The molecular weight excluding hydrogens is 360 g/mol. The summed E-state index contributed by atoms with van der Waals surface area (Å²) in [6.07, 6.45) is 0.0294. The van der Waals surface area contributed by atoms with E-state index in [1.807, 2.05) is 30.3 Å². The van der Waals surface area contributed by atoms with Crippen molar-refractivity contribution in [1.82, 2.24) is 5.32 Å². The van der Waals surface area contributed by atoms with Crippen LogP contribution in [-0.2, 0) is 21.4 Å². The molecule has 1 spiro atoms. The molecule has 2 amide bonds. The molecule has 2 unspecified atom stereocenters. The average Bonchev–Trinajstić information content (AvgIpc) is 3.45. The van der Waals surface area contributed by atoms with Crippen molar-refractivity contribution < 1.29 is 23.8 Å². The zero-order chi connectivity index (χ0) is 18.9. The molecule has 1 fully saturated rings. The summed E-state index contributed by atoms with van der Waals surface area (Å²) in [7, 11) is 0. The van der Waals surface area contributed by atoms with E-state index in [2.05, 4.69) is 11.4 Å². The van der Waals surface area contributed by atoms with E-state index >= 15 is 0 Å². The van der Waals surface area contributed by atoms with Crippen LogP contribution in [0.1, 0.15) is 16.7 Å². The molecule has 28 heavy (non-hydrogen) atoms. The van der Waals surface area contributed by atoms with Gasteiger partial charge in [-0.2, -0.15) is 0 Å². The maximum atomic E-state index is 13.8. The number of fused-ring (bicyclic) bond motifs is 5. The smallest absolute Gasteiger partial charge is 0.407 e. The number of nitrogens with one attached hydrogen (secondary N) is 1. The van der Waals surface area contributed by atoms with Crippen molar-refractivity contribution in [1.29, 1.82) is 0 Å². The Bertz CT molecular complexity index is 1040. The van der Waals surface area contributed by atoms with Gasteiger partial charge in [0.25, 0.3) is 0 Å². The van der Waals surface area contributed by atoms with E-state index in [1.165, 1.54) is 0 Å². The largest absolute Gasteiger partial charge is 0.493 e. The van der Waals surface area contributed by atoms with Crippen molar-refractivity contribution in [2.24, 2.45) is 0 Å². The van der Waals surface area contributed by atoms with E-state index in [0.29, 0.717) is 25.4 Å². The van der Waals surface area contributed by atoms with Gasteiger partial charge in [0.15, 0.2) is 0 Å². The van der Waals surface area contributed by atoms with Crippen molar-refractivity contribution in [2.45, 2.75) is 17.9 Å². The van der Waals surface area contributed by atoms with Crippen molar-refractivity contribution in [3.05, 3.63) is 53.1 Å². The van der Waals surface area contributed by atoms with Crippen LogP contribution in [-0.4, -0.2) is 44.4 Å². The van der Waals surface area contributed by atoms with Crippen LogP contribution in [0.4, 0.5) is 10.5 Å². The van der Waals surface area contributed by atoms with Crippen molar-refractivity contribution in [3.8, 4) is 11.5 Å². The molecule has 0 saturated carbocycles. The van der Waals surface area contributed by atoms with E-state index in [9.17, 15) is 9.59 Å². The number of amides is 2. The number of ether oxygens (including phenoxy) is 3. The molecule has 4 heterocycles. The maximum absolute atomic E-state index is 13.8. The number of carbonyl (C=O) groups is 2. The summed E-state index contributed by atoms with van der Waals surface area (Å²) in [6.45, 7) is 1.64. The molecule has 4 aliphatic heterocycles. The highest BCUT2D eigenvalue weighted by molar-refractivity contribution is 6.11. The molecule has 0 bridgehead atoms. The molecule has 6 rings (SSSR count). The number of anilines is 1. The Balaban J connectivity index is 1.47. The summed E-state index contributed by atoms with van der Waals surface area (Å²) >= 11 is 0. The first-order valence-corrected chi connectivity index (χ1v) is 9.46. The number of alkyl carbamates (subject to hydrolysis) is 1. The van der Waals surface area contributed by atoms with Gasteiger partial charge in [-0.05, 0) is 23.3 Å². The summed E-state index contributed by atoms with van der Waals surface area (Å²) in [5.74, 6) is 1.52. The number of benzene rings is 2. The second kappa shape index (κ2) is 5.41. The molecule has 7 heteroatoms. The molecule has 2 aromatic carbocycles. The maximum Gasteiger partial charge on any atom is 0.407 e. The minimum atomic E-state index is -0.862. The molecule has 0 aliphatic carbocycles. The predicted molar refractivity (Wildman–Crippen MR) is 99.0 cm³/mol. The topological polar surface area (TPSA) is 77.1 Å². The quantitative estimate of drug-likeness (QED) is 0.862. The zero-order valence-corrected chi connectivity index (χ0v) is 15.1. The van der Waals surface area contributed by atoms with Crippen LogP contribution in [0.2, 0.25) is 0 Å². The molecule has 2 aromatic rings. The Kier molecular flexibility index (Phi) is 3.05. The number of hydrogen-bond acceptors (Lipinski definition) is 5. The van der Waals surface area contributed by atoms with Crippen LogP contribution in [0.5, 0.6) is 11.5 Å². The van der Waals surface area contributed by atoms with Gasteiger partial charge in [0, 0.05) is 23.7 Å². The van der Waals surface area contributed by atoms with Gasteiger partial charge >= 0.3 is 6.09 Å². The Morgan fingerprint density at radius 1 is 1.11 bits per heavy atom. The van der Waals surface area contributed by atoms with Gasteiger partial charge in [0.2, 0.25) is 5.91 Å². The number of cyclic esters (lactones) is 1. The lowest BCUT2D eigenvalue weighted by Gasteiger charge is -2.24. The number of carbonyl (C=O) groups excluding carboxylic acids is 2. The van der Waals surface area contributed by atoms with Crippen LogP contribution in [0.15, 0.2) is 36.4 Å². The van der Waals surface area contributed by atoms with Crippen LogP contribution in [0.25, 0.3) is 0 Å². The fourth-order valence-corrected chi connectivity index (χ4v) is 4.77. The molecule has 1 saturated heterocycles. The highest BCUT2D eigenvalue weighted by Gasteiger charge is 2.57. The Hall–Kier alpha value is -3.22. The van der Waals surface area contributed by atoms with Gasteiger partial charge in [-0.1, -0.05) is 18.2 Å². The summed E-state index contributed by atoms with van der Waals surface area (Å²) in [6, 6.07) is 11.8. The van der Waals surface area contributed by atoms with Gasteiger partial charge in [0.1, 0.15) is 29.6 Å². The molecule has 4 aliphatic rings. The second-order valence-corrected chi connectivity index (χ2v) is 7.59. The molecule has 142 valence electrons. The lowest BCUT2D eigenvalue weighted by Crippen LogP contribution is -2.45. The number of para-hydroxylation sites is 1. The minimum absolute atomic E-state index is 0.0331. The molecule has 1 N–H and O–H groups in total. The summed E-state index contributed by atoms with van der Waals surface area (Å²) in [5, 5.41) is 2.65. The van der Waals surface area contributed by atoms with Gasteiger partial charge in [-0.25, -0.2) is 4.79 Å². The first-order valence-electron chi connectivity index (χ1n) is 9.46. The van der Waals surface area contributed by atoms with Gasteiger partial charge in [-0.3, -0.25) is 4.79 Å². The van der Waals surface area contributed by atoms with Crippen LogP contribution in [0, 0.1) is 0 Å². The van der Waals surface area contributed by atoms with E-state index in [0.717, 1.165) is 34.5 Å². The van der Waals surface area contributed by atoms with E-state index < -0.39 is 11.5 Å². The molecular formula is C21H18N2O5. The fourth-order valence-electron chi connectivity index (χ4n) is 4.77. The predicted octanol–water partition coefficient (Wildman–Crippen LogP) is 1.75. The summed E-state index contributed by atoms with van der Waals surface area (Å²) in [5.41, 5.74) is 2.94. The zero-order valence-electron chi connectivity index (χ0n) is 15.1. The number of hydrogen-bond donors (Lipinski definition) is 1. The SMILES string of the molecule is O=C1NCC(CN2C(=O)C3(COc4cc5c(cc43)CCO5)c3ccccc32)O1. The molecule has 0 radical (unpaired) electrons. The van der Waals surface area contributed by atoms with Crippen LogP contribution in [0.3, 0.4) is 0 Å².